The maximum atomic E-state index is 11.5. The van der Waals surface area contributed by atoms with E-state index in [2.05, 4.69) is 34.6 Å². The van der Waals surface area contributed by atoms with Crippen LogP contribution >= 0.6 is 22.6 Å². The number of hydrogen-bond acceptors (Lipinski definition) is 2. The molecule has 0 bridgehead atoms. The largest absolute Gasteiger partial charge is 0.268 e. The molecule has 0 saturated carbocycles. The van der Waals surface area contributed by atoms with Crippen LogP contribution in [0.25, 0.3) is 0 Å². The Balaban J connectivity index is 2.16. The molecule has 4 heteroatoms. The van der Waals surface area contributed by atoms with Crippen molar-refractivity contribution in [2.75, 3.05) is 0 Å². The first kappa shape index (κ1) is 14.7. The van der Waals surface area contributed by atoms with Gasteiger partial charge in [0, 0.05) is 16.2 Å². The Bertz CT molecular complexity index is 376. The maximum absolute atomic E-state index is 11.5. The van der Waals surface area contributed by atoms with Crippen molar-refractivity contribution in [3.8, 4) is 0 Å². The molecular formula is C13H21IN2O. The summed E-state index contributed by atoms with van der Waals surface area (Å²) in [6.07, 6.45) is 10.6. The second-order valence-electron chi connectivity index (χ2n) is 4.36. The summed E-state index contributed by atoms with van der Waals surface area (Å²) in [7, 11) is 0. The molecule has 0 spiro atoms. The van der Waals surface area contributed by atoms with E-state index in [-0.39, 0.29) is 5.56 Å². The van der Waals surface area contributed by atoms with Gasteiger partial charge in [-0.15, -0.1) is 0 Å². The third-order valence-corrected chi connectivity index (χ3v) is 3.40. The number of aryl methyl sites for hydroxylation is 1. The molecule has 0 amide bonds. The van der Waals surface area contributed by atoms with Crippen LogP contribution < -0.4 is 5.56 Å². The predicted octanol–water partition coefficient (Wildman–Crippen LogP) is 3.60. The molecule has 96 valence electrons. The fourth-order valence-corrected chi connectivity index (χ4v) is 2.19. The molecular weight excluding hydrogens is 327 g/mol. The van der Waals surface area contributed by atoms with Gasteiger partial charge in [0.15, 0.2) is 0 Å². The Morgan fingerprint density at radius 2 is 1.82 bits per heavy atom. The second kappa shape index (κ2) is 8.66. The summed E-state index contributed by atoms with van der Waals surface area (Å²) < 4.78 is 2.47. The van der Waals surface area contributed by atoms with E-state index < -0.39 is 0 Å². The van der Waals surface area contributed by atoms with Gasteiger partial charge in [-0.1, -0.05) is 45.4 Å². The van der Waals surface area contributed by atoms with E-state index >= 15 is 0 Å². The molecule has 0 radical (unpaired) electrons. The van der Waals surface area contributed by atoms with Gasteiger partial charge in [0.25, 0.3) is 5.56 Å². The quantitative estimate of drug-likeness (QED) is 0.532. The van der Waals surface area contributed by atoms with Crippen LogP contribution in [0.4, 0.5) is 0 Å². The van der Waals surface area contributed by atoms with Gasteiger partial charge in [0.05, 0.1) is 6.20 Å². The lowest BCUT2D eigenvalue weighted by atomic mass is 10.1. The van der Waals surface area contributed by atoms with Gasteiger partial charge in [-0.05, 0) is 29.0 Å². The highest BCUT2D eigenvalue weighted by molar-refractivity contribution is 14.1. The second-order valence-corrected chi connectivity index (χ2v) is 5.60. The molecule has 0 aromatic carbocycles. The predicted molar refractivity (Wildman–Crippen MR) is 79.2 cm³/mol. The van der Waals surface area contributed by atoms with Crippen molar-refractivity contribution < 1.29 is 0 Å². The molecule has 1 aromatic heterocycles. The van der Waals surface area contributed by atoms with Crippen molar-refractivity contribution in [2.45, 2.75) is 58.4 Å². The summed E-state index contributed by atoms with van der Waals surface area (Å²) in [6, 6.07) is 1.63. The summed E-state index contributed by atoms with van der Waals surface area (Å²) >= 11 is 2.11. The van der Waals surface area contributed by atoms with E-state index in [1.165, 1.54) is 38.5 Å². The number of nitrogens with zero attached hydrogens (tertiary/aromatic N) is 2. The fourth-order valence-electron chi connectivity index (χ4n) is 1.80. The number of hydrogen-bond donors (Lipinski definition) is 0. The van der Waals surface area contributed by atoms with Crippen LogP contribution in [0.1, 0.15) is 51.9 Å². The highest BCUT2D eigenvalue weighted by Crippen LogP contribution is 2.07. The molecule has 0 aliphatic heterocycles. The van der Waals surface area contributed by atoms with Crippen LogP contribution in [0.15, 0.2) is 17.1 Å². The SMILES string of the molecule is CCCCCCCCCn1ncc(I)cc1=O. The van der Waals surface area contributed by atoms with Crippen LogP contribution in [0.5, 0.6) is 0 Å². The molecule has 1 aromatic rings. The average molecular weight is 348 g/mol. The van der Waals surface area contributed by atoms with E-state index in [0.29, 0.717) is 0 Å². The van der Waals surface area contributed by atoms with Gasteiger partial charge in [-0.3, -0.25) is 4.79 Å². The minimum Gasteiger partial charge on any atom is -0.268 e. The Labute approximate surface area is 117 Å². The van der Waals surface area contributed by atoms with Crippen LogP contribution in [-0.2, 0) is 6.54 Å². The van der Waals surface area contributed by atoms with Crippen molar-refractivity contribution in [1.82, 2.24) is 9.78 Å². The molecule has 0 atom stereocenters. The molecule has 17 heavy (non-hydrogen) atoms. The van der Waals surface area contributed by atoms with Gasteiger partial charge in [0.2, 0.25) is 0 Å². The molecule has 0 aliphatic carbocycles. The molecule has 3 nitrogen and oxygen atoms in total. The Kier molecular flexibility index (Phi) is 7.48. The van der Waals surface area contributed by atoms with Gasteiger partial charge >= 0.3 is 0 Å². The molecule has 0 fully saturated rings. The highest BCUT2D eigenvalue weighted by Gasteiger charge is 1.98. The zero-order valence-electron chi connectivity index (χ0n) is 10.5. The van der Waals surface area contributed by atoms with Crippen molar-refractivity contribution in [3.63, 3.8) is 0 Å². The minimum atomic E-state index is 0.0166. The van der Waals surface area contributed by atoms with Crippen LogP contribution in [0.3, 0.4) is 0 Å². The Morgan fingerprint density at radius 1 is 1.18 bits per heavy atom. The molecule has 0 saturated heterocycles. The van der Waals surface area contributed by atoms with Crippen LogP contribution in [0, 0.1) is 3.57 Å². The van der Waals surface area contributed by atoms with Crippen molar-refractivity contribution in [1.29, 1.82) is 0 Å². The number of rotatable bonds is 8. The molecule has 0 N–H and O–H groups in total. The maximum Gasteiger partial charge on any atom is 0.267 e. The smallest absolute Gasteiger partial charge is 0.267 e. The van der Waals surface area contributed by atoms with E-state index in [1.807, 2.05) is 0 Å². The van der Waals surface area contributed by atoms with E-state index in [4.69, 9.17) is 0 Å². The standard InChI is InChI=1S/C13H21IN2O/c1-2-3-4-5-6-7-8-9-16-13(17)10-12(14)11-15-16/h10-11H,2-9H2,1H3. The lowest BCUT2D eigenvalue weighted by molar-refractivity contribution is 0.505. The molecule has 0 unspecified atom stereocenters. The lowest BCUT2D eigenvalue weighted by Crippen LogP contribution is -2.22. The fraction of sp³-hybridized carbons (Fsp3) is 0.692. The summed E-state index contributed by atoms with van der Waals surface area (Å²) in [5.74, 6) is 0. The summed E-state index contributed by atoms with van der Waals surface area (Å²) in [4.78, 5) is 11.5. The summed E-state index contributed by atoms with van der Waals surface area (Å²) in [5, 5.41) is 4.12. The first-order chi connectivity index (χ1) is 8.24. The lowest BCUT2D eigenvalue weighted by Gasteiger charge is -2.04. The van der Waals surface area contributed by atoms with Crippen molar-refractivity contribution >= 4 is 22.6 Å². The number of halogens is 1. The van der Waals surface area contributed by atoms with Crippen molar-refractivity contribution in [3.05, 3.63) is 26.2 Å². The van der Waals surface area contributed by atoms with Gasteiger partial charge in [0.1, 0.15) is 0 Å². The van der Waals surface area contributed by atoms with E-state index in [9.17, 15) is 4.79 Å². The third kappa shape index (κ3) is 6.19. The normalized spacial score (nSPS) is 10.7. The van der Waals surface area contributed by atoms with Crippen molar-refractivity contribution in [2.24, 2.45) is 0 Å². The number of aromatic nitrogens is 2. The third-order valence-electron chi connectivity index (χ3n) is 2.81. The van der Waals surface area contributed by atoms with Gasteiger partial charge < -0.3 is 0 Å². The summed E-state index contributed by atoms with van der Waals surface area (Å²) in [6.45, 7) is 2.98. The monoisotopic (exact) mass is 348 g/mol. The minimum absolute atomic E-state index is 0.0166. The zero-order valence-corrected chi connectivity index (χ0v) is 12.6. The van der Waals surface area contributed by atoms with Crippen LogP contribution in [0.2, 0.25) is 0 Å². The summed E-state index contributed by atoms with van der Waals surface area (Å²) in [5.41, 5.74) is 0.0166. The first-order valence-corrected chi connectivity index (χ1v) is 7.54. The molecule has 1 heterocycles. The van der Waals surface area contributed by atoms with E-state index in [0.717, 1.165) is 16.5 Å². The van der Waals surface area contributed by atoms with E-state index in [1.54, 1.807) is 16.9 Å². The molecule has 0 aliphatic rings. The average Bonchev–Trinajstić information content (AvgIpc) is 2.30. The first-order valence-electron chi connectivity index (χ1n) is 6.46. The highest BCUT2D eigenvalue weighted by atomic mass is 127. The number of unbranched alkanes of at least 4 members (excludes halogenated alkanes) is 6. The zero-order chi connectivity index (χ0) is 12.5. The van der Waals surface area contributed by atoms with Crippen LogP contribution in [-0.4, -0.2) is 9.78 Å². The van der Waals surface area contributed by atoms with Gasteiger partial charge in [-0.25, -0.2) is 4.68 Å². The Morgan fingerprint density at radius 3 is 2.47 bits per heavy atom. The van der Waals surface area contributed by atoms with Gasteiger partial charge in [-0.2, -0.15) is 5.10 Å². The molecule has 1 rings (SSSR count). The Hall–Kier alpha value is -0.390. The topological polar surface area (TPSA) is 34.9 Å².